The minimum absolute atomic E-state index is 0.0552. The highest BCUT2D eigenvalue weighted by Crippen LogP contribution is 2.21. The van der Waals surface area contributed by atoms with Crippen molar-refractivity contribution in [2.75, 3.05) is 5.32 Å². The molecule has 0 fully saturated rings. The molecule has 0 atom stereocenters. The first-order valence-electron chi connectivity index (χ1n) is 6.85. The molecule has 0 unspecified atom stereocenters. The van der Waals surface area contributed by atoms with Crippen LogP contribution in [-0.4, -0.2) is 17.6 Å². The molecule has 3 N–H and O–H groups in total. The van der Waals surface area contributed by atoms with Gasteiger partial charge in [0.05, 0.1) is 15.5 Å². The second-order valence-electron chi connectivity index (χ2n) is 4.94. The number of benzene rings is 1. The minimum atomic E-state index is -0.635. The average Bonchev–Trinajstić information content (AvgIpc) is 2.91. The third-order valence-electron chi connectivity index (χ3n) is 3.11. The molecular weight excluding hydrogens is 336 g/mol. The van der Waals surface area contributed by atoms with Crippen LogP contribution in [0.15, 0.2) is 30.3 Å². The van der Waals surface area contributed by atoms with Crippen LogP contribution in [0.2, 0.25) is 5.02 Å². The topological polar surface area (TPSA) is 89.3 Å². The summed E-state index contributed by atoms with van der Waals surface area (Å²) in [4.78, 5) is 36.6. The Kier molecular flexibility index (Phi) is 5.52. The maximum atomic E-state index is 11.9. The molecule has 2 amide bonds. The van der Waals surface area contributed by atoms with E-state index in [9.17, 15) is 14.4 Å². The second-order valence-corrected chi connectivity index (χ2v) is 6.64. The van der Waals surface area contributed by atoms with E-state index in [1.165, 1.54) is 29.5 Å². The van der Waals surface area contributed by atoms with Crippen molar-refractivity contribution in [3.63, 3.8) is 0 Å². The molecule has 0 saturated carbocycles. The number of ketones is 1. The van der Waals surface area contributed by atoms with Crippen molar-refractivity contribution < 1.29 is 14.4 Å². The lowest BCUT2D eigenvalue weighted by Gasteiger charge is -2.07. The van der Waals surface area contributed by atoms with Gasteiger partial charge in [0.1, 0.15) is 0 Å². The van der Waals surface area contributed by atoms with Crippen molar-refractivity contribution in [2.24, 2.45) is 5.73 Å². The van der Waals surface area contributed by atoms with Crippen LogP contribution in [0.5, 0.6) is 0 Å². The highest BCUT2D eigenvalue weighted by molar-refractivity contribution is 7.14. The van der Waals surface area contributed by atoms with E-state index in [2.05, 4.69) is 5.32 Å². The number of primary amides is 1. The van der Waals surface area contributed by atoms with Gasteiger partial charge in [-0.15, -0.1) is 11.3 Å². The molecule has 0 aliphatic rings. The van der Waals surface area contributed by atoms with Crippen LogP contribution in [0.25, 0.3) is 0 Å². The zero-order chi connectivity index (χ0) is 17.0. The summed E-state index contributed by atoms with van der Waals surface area (Å²) in [5, 5.41) is 2.80. The SMILES string of the molecule is Cc1ccc(C(=O)CCC(=O)Nc2ccc(C(N)=O)c(Cl)c2)s1. The molecule has 0 spiro atoms. The summed E-state index contributed by atoms with van der Waals surface area (Å²) in [6.07, 6.45) is 0.212. The van der Waals surface area contributed by atoms with Crippen LogP contribution >= 0.6 is 22.9 Å². The van der Waals surface area contributed by atoms with Crippen LogP contribution in [0, 0.1) is 6.92 Å². The molecule has 1 heterocycles. The number of anilines is 1. The second kappa shape index (κ2) is 7.39. The molecule has 7 heteroatoms. The van der Waals surface area contributed by atoms with Gasteiger partial charge in [-0.25, -0.2) is 0 Å². The summed E-state index contributed by atoms with van der Waals surface area (Å²) in [5.41, 5.74) is 5.79. The molecule has 0 saturated heterocycles. The number of hydrogen-bond donors (Lipinski definition) is 2. The van der Waals surface area contributed by atoms with Crippen LogP contribution in [0.1, 0.15) is 37.7 Å². The van der Waals surface area contributed by atoms with Gasteiger partial charge in [0.2, 0.25) is 11.8 Å². The van der Waals surface area contributed by atoms with E-state index in [-0.39, 0.29) is 35.1 Å². The number of hydrogen-bond acceptors (Lipinski definition) is 4. The third-order valence-corrected chi connectivity index (χ3v) is 4.47. The Morgan fingerprint density at radius 1 is 1.17 bits per heavy atom. The van der Waals surface area contributed by atoms with Gasteiger partial charge in [0, 0.05) is 23.4 Å². The van der Waals surface area contributed by atoms with Crippen LogP contribution in [0.3, 0.4) is 0 Å². The first-order chi connectivity index (χ1) is 10.9. The van der Waals surface area contributed by atoms with Gasteiger partial charge in [0.15, 0.2) is 5.78 Å². The first kappa shape index (κ1) is 17.2. The normalized spacial score (nSPS) is 10.3. The van der Waals surface area contributed by atoms with Gasteiger partial charge in [-0.1, -0.05) is 11.6 Å². The lowest BCUT2D eigenvalue weighted by Crippen LogP contribution is -2.14. The number of amides is 2. The van der Waals surface area contributed by atoms with Crippen LogP contribution in [0.4, 0.5) is 5.69 Å². The molecule has 2 aromatic rings. The fourth-order valence-electron chi connectivity index (χ4n) is 1.95. The summed E-state index contributed by atoms with van der Waals surface area (Å²) in [6.45, 7) is 1.92. The number of aryl methyl sites for hydroxylation is 1. The predicted molar refractivity (Wildman–Crippen MR) is 91.2 cm³/mol. The monoisotopic (exact) mass is 350 g/mol. The van der Waals surface area contributed by atoms with Crippen LogP contribution < -0.4 is 11.1 Å². The number of halogens is 1. The maximum absolute atomic E-state index is 11.9. The summed E-state index contributed by atoms with van der Waals surface area (Å²) in [6, 6.07) is 8.07. The predicted octanol–water partition coefficient (Wildman–Crippen LogP) is 3.41. The molecule has 2 rings (SSSR count). The molecule has 0 aliphatic carbocycles. The molecule has 0 radical (unpaired) electrons. The fourth-order valence-corrected chi connectivity index (χ4v) is 3.06. The number of nitrogens with one attached hydrogen (secondary N) is 1. The van der Waals surface area contributed by atoms with E-state index in [4.69, 9.17) is 17.3 Å². The van der Waals surface area contributed by atoms with E-state index in [0.717, 1.165) is 4.88 Å². The van der Waals surface area contributed by atoms with Gasteiger partial charge >= 0.3 is 0 Å². The van der Waals surface area contributed by atoms with Crippen molar-refractivity contribution in [1.29, 1.82) is 0 Å². The van der Waals surface area contributed by atoms with E-state index in [1.807, 2.05) is 13.0 Å². The Bertz CT molecular complexity index is 770. The summed E-state index contributed by atoms with van der Waals surface area (Å²) in [7, 11) is 0. The Morgan fingerprint density at radius 2 is 1.91 bits per heavy atom. The van der Waals surface area contributed by atoms with Gasteiger partial charge in [-0.3, -0.25) is 14.4 Å². The lowest BCUT2D eigenvalue weighted by atomic mass is 10.1. The number of thiophene rings is 1. The van der Waals surface area contributed by atoms with E-state index in [0.29, 0.717) is 10.6 Å². The number of nitrogens with two attached hydrogens (primary N) is 1. The zero-order valence-corrected chi connectivity index (χ0v) is 14.0. The maximum Gasteiger partial charge on any atom is 0.250 e. The van der Waals surface area contributed by atoms with Crippen molar-refractivity contribution in [1.82, 2.24) is 0 Å². The minimum Gasteiger partial charge on any atom is -0.366 e. The summed E-state index contributed by atoms with van der Waals surface area (Å²) in [5.74, 6) is -0.986. The Labute approximate surface area is 142 Å². The molecule has 1 aromatic carbocycles. The average molecular weight is 351 g/mol. The van der Waals surface area contributed by atoms with Gasteiger partial charge < -0.3 is 11.1 Å². The summed E-state index contributed by atoms with van der Waals surface area (Å²) < 4.78 is 0. The van der Waals surface area contributed by atoms with Gasteiger partial charge in [0.25, 0.3) is 0 Å². The van der Waals surface area contributed by atoms with Crippen molar-refractivity contribution in [2.45, 2.75) is 19.8 Å². The molecule has 1 aromatic heterocycles. The Hall–Kier alpha value is -2.18. The molecular formula is C16H15ClN2O3S. The number of carbonyl (C=O) groups excluding carboxylic acids is 3. The van der Waals surface area contributed by atoms with Crippen molar-refractivity contribution in [3.05, 3.63) is 50.7 Å². The number of carbonyl (C=O) groups is 3. The first-order valence-corrected chi connectivity index (χ1v) is 8.05. The van der Waals surface area contributed by atoms with Crippen molar-refractivity contribution >= 4 is 46.2 Å². The van der Waals surface area contributed by atoms with Gasteiger partial charge in [-0.2, -0.15) is 0 Å². The fraction of sp³-hybridized carbons (Fsp3) is 0.188. The smallest absolute Gasteiger partial charge is 0.250 e. The molecule has 0 aliphatic heterocycles. The van der Waals surface area contributed by atoms with E-state index in [1.54, 1.807) is 6.07 Å². The Balaban J connectivity index is 1.91. The Morgan fingerprint density at radius 3 is 2.48 bits per heavy atom. The third kappa shape index (κ3) is 4.64. The van der Waals surface area contributed by atoms with Crippen LogP contribution in [-0.2, 0) is 4.79 Å². The lowest BCUT2D eigenvalue weighted by molar-refractivity contribution is -0.116. The summed E-state index contributed by atoms with van der Waals surface area (Å²) >= 11 is 7.33. The quantitative estimate of drug-likeness (QED) is 0.782. The van der Waals surface area contributed by atoms with E-state index >= 15 is 0 Å². The van der Waals surface area contributed by atoms with Gasteiger partial charge in [-0.05, 0) is 37.3 Å². The highest BCUT2D eigenvalue weighted by atomic mass is 35.5. The molecule has 5 nitrogen and oxygen atoms in total. The molecule has 0 bridgehead atoms. The standard InChI is InChI=1S/C16H15ClN2O3S/c1-9-2-6-14(23-9)13(20)5-7-15(21)19-10-3-4-11(16(18)22)12(17)8-10/h2-4,6,8H,5,7H2,1H3,(H2,18,22)(H,19,21). The zero-order valence-electron chi connectivity index (χ0n) is 12.4. The van der Waals surface area contributed by atoms with Crippen molar-refractivity contribution in [3.8, 4) is 0 Å². The van der Waals surface area contributed by atoms with E-state index < -0.39 is 5.91 Å². The molecule has 23 heavy (non-hydrogen) atoms. The number of rotatable bonds is 6. The largest absolute Gasteiger partial charge is 0.366 e. The number of Topliss-reactive ketones (excluding diaryl/α,β-unsaturated/α-hetero) is 1. The highest BCUT2D eigenvalue weighted by Gasteiger charge is 2.12. The molecule has 120 valence electrons.